The molecular weight excluding hydrogens is 546 g/mol. The van der Waals surface area contributed by atoms with E-state index in [0.717, 1.165) is 35.7 Å². The Bertz CT molecular complexity index is 1610. The molecule has 0 unspecified atom stereocenters. The third-order valence-corrected chi connectivity index (χ3v) is 7.48. The molecule has 10 nitrogen and oxygen atoms in total. The molecular formula is C30H39N3O7S. The van der Waals surface area contributed by atoms with Crippen LogP contribution in [0.2, 0.25) is 0 Å². The molecule has 3 aromatic rings. The van der Waals surface area contributed by atoms with Crippen molar-refractivity contribution >= 4 is 38.9 Å². The second kappa shape index (κ2) is 10.7. The molecule has 1 aromatic carbocycles. The summed E-state index contributed by atoms with van der Waals surface area (Å²) in [6.45, 7) is 12.5. The van der Waals surface area contributed by atoms with Gasteiger partial charge in [-0.15, -0.1) is 0 Å². The van der Waals surface area contributed by atoms with E-state index in [1.807, 2.05) is 33.8 Å². The Labute approximate surface area is 241 Å². The van der Waals surface area contributed by atoms with E-state index in [-0.39, 0.29) is 17.4 Å². The summed E-state index contributed by atoms with van der Waals surface area (Å²) in [5.41, 5.74) is 2.19. The molecule has 0 saturated heterocycles. The Kier molecular flexibility index (Phi) is 7.90. The molecule has 2 heterocycles. The lowest BCUT2D eigenvalue weighted by atomic mass is 10.0. The summed E-state index contributed by atoms with van der Waals surface area (Å²) in [4.78, 5) is 31.1. The van der Waals surface area contributed by atoms with Crippen molar-refractivity contribution in [1.29, 1.82) is 0 Å². The molecule has 0 N–H and O–H groups in total. The highest BCUT2D eigenvalue weighted by molar-refractivity contribution is 7.92. The van der Waals surface area contributed by atoms with Gasteiger partial charge in [-0.3, -0.25) is 0 Å². The fourth-order valence-corrected chi connectivity index (χ4v) is 5.60. The molecule has 1 fully saturated rings. The monoisotopic (exact) mass is 585 g/mol. The number of carbonyl (C=O) groups excluding carboxylic acids is 2. The lowest BCUT2D eigenvalue weighted by Gasteiger charge is -2.27. The summed E-state index contributed by atoms with van der Waals surface area (Å²) >= 11 is 0. The fraction of sp³-hybridized carbons (Fsp3) is 0.500. The van der Waals surface area contributed by atoms with Crippen molar-refractivity contribution < 1.29 is 32.2 Å². The van der Waals surface area contributed by atoms with Crippen LogP contribution in [-0.4, -0.2) is 54.7 Å². The maximum Gasteiger partial charge on any atom is 0.429 e. The van der Waals surface area contributed by atoms with Crippen LogP contribution in [0, 0.1) is 0 Å². The first kappa shape index (κ1) is 30.4. The van der Waals surface area contributed by atoms with Crippen LogP contribution in [0.4, 0.5) is 15.3 Å². The van der Waals surface area contributed by atoms with E-state index in [9.17, 15) is 18.0 Å². The number of ether oxygens (including phenoxy) is 3. The number of carbonyl (C=O) groups is 2. The van der Waals surface area contributed by atoms with E-state index in [2.05, 4.69) is 0 Å². The van der Waals surface area contributed by atoms with E-state index in [1.165, 1.54) is 7.11 Å². The first-order chi connectivity index (χ1) is 18.9. The molecule has 2 aromatic heterocycles. The Morgan fingerprint density at radius 2 is 1.66 bits per heavy atom. The van der Waals surface area contributed by atoms with Crippen LogP contribution in [0.25, 0.3) is 22.2 Å². The van der Waals surface area contributed by atoms with Crippen LogP contribution in [0.15, 0.2) is 30.5 Å². The number of fused-ring (bicyclic) bond motifs is 1. The maximum atomic E-state index is 13.3. The first-order valence-electron chi connectivity index (χ1n) is 13.6. The van der Waals surface area contributed by atoms with E-state index in [0.29, 0.717) is 27.5 Å². The summed E-state index contributed by atoms with van der Waals surface area (Å²) in [5.74, 6) is 0.445. The van der Waals surface area contributed by atoms with Crippen molar-refractivity contribution in [2.45, 2.75) is 84.8 Å². The van der Waals surface area contributed by atoms with Gasteiger partial charge in [-0.2, -0.15) is 4.31 Å². The van der Waals surface area contributed by atoms with E-state index < -0.39 is 33.4 Å². The van der Waals surface area contributed by atoms with Gasteiger partial charge in [-0.1, -0.05) is 13.0 Å². The second-order valence-corrected chi connectivity index (χ2v) is 14.1. The van der Waals surface area contributed by atoms with Crippen LogP contribution in [0.5, 0.6) is 5.75 Å². The van der Waals surface area contributed by atoms with Gasteiger partial charge in [-0.05, 0) is 90.1 Å². The lowest BCUT2D eigenvalue weighted by molar-refractivity contribution is 0.0537. The average Bonchev–Trinajstić information content (AvgIpc) is 3.61. The molecule has 0 spiro atoms. The van der Waals surface area contributed by atoms with E-state index in [4.69, 9.17) is 19.2 Å². The first-order valence-corrected chi connectivity index (χ1v) is 15.5. The number of sulfonamides is 1. The number of anilines is 1. The normalized spacial score (nSPS) is 14.2. The molecule has 0 radical (unpaired) electrons. The average molecular weight is 586 g/mol. The highest BCUT2D eigenvalue weighted by Crippen LogP contribution is 2.46. The predicted octanol–water partition coefficient (Wildman–Crippen LogP) is 6.64. The SMILES string of the molecule is CCc1c(C2CC2)n(C(=O)OC(C)(C)C)c2ncc(-c3ccc(OC)c(N(C(=O)OC(C)(C)C)S(C)(=O)=O)c3)cc12. The predicted molar refractivity (Wildman–Crippen MR) is 158 cm³/mol. The standard InChI is InChI=1S/C30H39N3O7S/c1-10-21-22-15-20(17-31-26(22)32(25(21)18-11-12-18)27(34)39-29(2,3)4)19-13-14-24(38-8)23(16-19)33(41(9,36)37)28(35)40-30(5,6)7/h13-18H,10-12H2,1-9H3. The van der Waals surface area contributed by atoms with Gasteiger partial charge in [-0.25, -0.2) is 27.6 Å². The Hall–Kier alpha value is -3.60. The zero-order chi connectivity index (χ0) is 30.5. The molecule has 0 aliphatic heterocycles. The number of hydrogen-bond donors (Lipinski definition) is 0. The van der Waals surface area contributed by atoms with Crippen LogP contribution in [-0.2, 0) is 25.9 Å². The number of nitrogens with zero attached hydrogens (tertiary/aromatic N) is 3. The van der Waals surface area contributed by atoms with Crippen LogP contribution in [0.1, 0.15) is 78.5 Å². The fourth-order valence-electron chi connectivity index (χ4n) is 4.80. The molecule has 1 amide bonds. The van der Waals surface area contributed by atoms with E-state index >= 15 is 0 Å². The molecule has 4 rings (SSSR count). The number of pyridine rings is 1. The number of benzene rings is 1. The zero-order valence-corrected chi connectivity index (χ0v) is 26.0. The summed E-state index contributed by atoms with van der Waals surface area (Å²) in [7, 11) is -2.69. The summed E-state index contributed by atoms with van der Waals surface area (Å²) < 4.78 is 44.4. The quantitative estimate of drug-likeness (QED) is 0.316. The minimum absolute atomic E-state index is 0.0163. The number of hydrogen-bond acceptors (Lipinski definition) is 8. The Morgan fingerprint density at radius 1 is 1.02 bits per heavy atom. The third-order valence-electron chi connectivity index (χ3n) is 6.47. The molecule has 222 valence electrons. The van der Waals surface area contributed by atoms with Crippen LogP contribution >= 0.6 is 0 Å². The zero-order valence-electron chi connectivity index (χ0n) is 25.2. The number of aryl methyl sites for hydroxylation is 1. The van der Waals surface area contributed by atoms with Crippen molar-refractivity contribution in [3.63, 3.8) is 0 Å². The maximum absolute atomic E-state index is 13.3. The van der Waals surface area contributed by atoms with Crippen molar-refractivity contribution in [2.75, 3.05) is 17.7 Å². The number of methoxy groups -OCH3 is 1. The van der Waals surface area contributed by atoms with Gasteiger partial charge in [0.1, 0.15) is 28.3 Å². The highest BCUT2D eigenvalue weighted by Gasteiger charge is 2.36. The van der Waals surface area contributed by atoms with Gasteiger partial charge in [0.05, 0.1) is 13.4 Å². The minimum Gasteiger partial charge on any atom is -0.495 e. The van der Waals surface area contributed by atoms with Crippen molar-refractivity contribution in [3.05, 3.63) is 41.7 Å². The Balaban J connectivity index is 1.89. The van der Waals surface area contributed by atoms with Gasteiger partial charge >= 0.3 is 12.2 Å². The third kappa shape index (κ3) is 6.50. The van der Waals surface area contributed by atoms with Crippen molar-refractivity contribution in [2.24, 2.45) is 0 Å². The van der Waals surface area contributed by atoms with Gasteiger partial charge in [0.25, 0.3) is 0 Å². The minimum atomic E-state index is -4.09. The molecule has 1 aliphatic carbocycles. The largest absolute Gasteiger partial charge is 0.495 e. The Morgan fingerprint density at radius 3 is 2.17 bits per heavy atom. The molecule has 1 aliphatic rings. The van der Waals surface area contributed by atoms with Crippen LogP contribution in [0.3, 0.4) is 0 Å². The molecule has 1 saturated carbocycles. The second-order valence-electron chi connectivity index (χ2n) is 12.3. The molecule has 0 bridgehead atoms. The van der Waals surface area contributed by atoms with Gasteiger partial charge in [0, 0.05) is 28.8 Å². The summed E-state index contributed by atoms with van der Waals surface area (Å²) in [5, 5.41) is 0.822. The number of aromatic nitrogens is 2. The van der Waals surface area contributed by atoms with Crippen LogP contribution < -0.4 is 9.04 Å². The smallest absolute Gasteiger partial charge is 0.429 e. The molecule has 11 heteroatoms. The highest BCUT2D eigenvalue weighted by atomic mass is 32.2. The van der Waals surface area contributed by atoms with Gasteiger partial charge in [0.2, 0.25) is 10.0 Å². The lowest BCUT2D eigenvalue weighted by Crippen LogP contribution is -2.40. The molecule has 0 atom stereocenters. The van der Waals surface area contributed by atoms with Crippen molar-refractivity contribution in [3.8, 4) is 16.9 Å². The topological polar surface area (TPSA) is 117 Å². The number of amides is 1. The van der Waals surface area contributed by atoms with E-state index in [1.54, 1.807) is 49.7 Å². The van der Waals surface area contributed by atoms with Crippen molar-refractivity contribution in [1.82, 2.24) is 9.55 Å². The van der Waals surface area contributed by atoms with Gasteiger partial charge < -0.3 is 14.2 Å². The molecule has 41 heavy (non-hydrogen) atoms. The summed E-state index contributed by atoms with van der Waals surface area (Å²) in [6.07, 6.45) is 3.74. The van der Waals surface area contributed by atoms with Gasteiger partial charge in [0.15, 0.2) is 0 Å². The summed E-state index contributed by atoms with van der Waals surface area (Å²) in [6, 6.07) is 6.86. The number of rotatable bonds is 6.